The van der Waals surface area contributed by atoms with Gasteiger partial charge in [-0.15, -0.1) is 0 Å². The van der Waals surface area contributed by atoms with Crippen LogP contribution in [0.5, 0.6) is 5.75 Å². The van der Waals surface area contributed by atoms with Gasteiger partial charge in [0.05, 0.1) is 5.56 Å². The van der Waals surface area contributed by atoms with Gasteiger partial charge in [0.1, 0.15) is 5.75 Å². The molecule has 6 nitrogen and oxygen atoms in total. The number of aromatic nitrogens is 3. The largest absolute Gasteiger partial charge is 0.484 e. The van der Waals surface area contributed by atoms with Crippen LogP contribution in [0.4, 0.5) is 26.3 Å². The fourth-order valence-electron chi connectivity index (χ4n) is 2.47. The number of benzene rings is 1. The van der Waals surface area contributed by atoms with Gasteiger partial charge in [-0.05, 0) is 17.7 Å². The molecule has 2 heterocycles. The lowest BCUT2D eigenvalue weighted by atomic mass is 10.0. The molecule has 154 valence electrons. The van der Waals surface area contributed by atoms with Gasteiger partial charge in [-0.25, -0.2) is 4.98 Å². The van der Waals surface area contributed by atoms with Crippen LogP contribution in [0.1, 0.15) is 9.81 Å². The standard InChI is InChI=1S/C17H11F6N3O3/c1-25-11(27)6-7-26-14(28)12(13(17(21,22)23)24-15(25)26)9-2-4-10(5-3-9)29-8-16(18,19)20/h2-7H,8H2,1H3/i1D3. The van der Waals surface area contributed by atoms with Crippen LogP contribution in [0.2, 0.25) is 0 Å². The Hall–Kier alpha value is -3.31. The molecule has 0 spiro atoms. The van der Waals surface area contributed by atoms with Crippen LogP contribution in [0.25, 0.3) is 16.9 Å². The Morgan fingerprint density at radius 3 is 2.28 bits per heavy atom. The van der Waals surface area contributed by atoms with Crippen molar-refractivity contribution < 1.29 is 35.2 Å². The molecule has 3 aromatic rings. The first-order valence-corrected chi connectivity index (χ1v) is 7.66. The van der Waals surface area contributed by atoms with Gasteiger partial charge in [0.25, 0.3) is 11.1 Å². The van der Waals surface area contributed by atoms with Crippen LogP contribution < -0.4 is 15.9 Å². The Balaban J connectivity index is 2.26. The molecule has 0 saturated heterocycles. The van der Waals surface area contributed by atoms with Crippen molar-refractivity contribution >= 4 is 5.78 Å². The summed E-state index contributed by atoms with van der Waals surface area (Å²) in [6.45, 7) is -4.86. The summed E-state index contributed by atoms with van der Waals surface area (Å²) >= 11 is 0. The molecule has 0 fully saturated rings. The molecule has 12 heteroatoms. The molecular weight excluding hydrogens is 408 g/mol. The topological polar surface area (TPSA) is 65.6 Å². The van der Waals surface area contributed by atoms with Crippen molar-refractivity contribution in [1.82, 2.24) is 14.0 Å². The van der Waals surface area contributed by atoms with E-state index in [1.54, 1.807) is 0 Å². The van der Waals surface area contributed by atoms with E-state index in [4.69, 9.17) is 4.11 Å². The van der Waals surface area contributed by atoms with E-state index < -0.39 is 54.1 Å². The summed E-state index contributed by atoms with van der Waals surface area (Å²) in [7, 11) is 0. The van der Waals surface area contributed by atoms with Gasteiger partial charge in [0.15, 0.2) is 12.3 Å². The molecule has 29 heavy (non-hydrogen) atoms. The highest BCUT2D eigenvalue weighted by atomic mass is 19.4. The van der Waals surface area contributed by atoms with Crippen molar-refractivity contribution in [3.05, 3.63) is 62.9 Å². The summed E-state index contributed by atoms with van der Waals surface area (Å²) < 4.78 is 105. The van der Waals surface area contributed by atoms with Gasteiger partial charge >= 0.3 is 12.4 Å². The van der Waals surface area contributed by atoms with Gasteiger partial charge in [-0.2, -0.15) is 26.3 Å². The maximum absolute atomic E-state index is 13.7. The normalized spacial score (nSPS) is 14.3. The molecule has 0 amide bonds. The molecule has 0 saturated carbocycles. The molecule has 0 radical (unpaired) electrons. The maximum atomic E-state index is 13.7. The van der Waals surface area contributed by atoms with Gasteiger partial charge in [-0.1, -0.05) is 12.1 Å². The first-order valence-electron chi connectivity index (χ1n) is 9.16. The summed E-state index contributed by atoms with van der Waals surface area (Å²) in [6.07, 6.45) is -9.10. The Bertz CT molecular complexity index is 1280. The second-order valence-corrected chi connectivity index (χ2v) is 5.73. The highest BCUT2D eigenvalue weighted by Gasteiger charge is 2.38. The van der Waals surface area contributed by atoms with Gasteiger partial charge < -0.3 is 4.74 Å². The average molecular weight is 422 g/mol. The van der Waals surface area contributed by atoms with Crippen molar-refractivity contribution in [2.24, 2.45) is 6.98 Å². The van der Waals surface area contributed by atoms with E-state index in [2.05, 4.69) is 9.72 Å². The number of alkyl halides is 6. The highest BCUT2D eigenvalue weighted by Crippen LogP contribution is 2.34. The number of nitrogens with zero attached hydrogens (tertiary/aromatic N) is 3. The molecule has 0 N–H and O–H groups in total. The minimum Gasteiger partial charge on any atom is -0.484 e. The Morgan fingerprint density at radius 1 is 1.07 bits per heavy atom. The van der Waals surface area contributed by atoms with Crippen LogP contribution in [0.15, 0.2) is 46.1 Å². The lowest BCUT2D eigenvalue weighted by Crippen LogP contribution is -2.29. The molecule has 0 unspecified atom stereocenters. The third kappa shape index (κ3) is 4.10. The van der Waals surface area contributed by atoms with E-state index in [1.165, 1.54) is 0 Å². The molecule has 0 bridgehead atoms. The van der Waals surface area contributed by atoms with Crippen molar-refractivity contribution in [2.75, 3.05) is 6.61 Å². The zero-order valence-corrected chi connectivity index (χ0v) is 14.0. The predicted octanol–water partition coefficient (Wildman–Crippen LogP) is 3.02. The van der Waals surface area contributed by atoms with E-state index in [9.17, 15) is 35.9 Å². The van der Waals surface area contributed by atoms with Crippen molar-refractivity contribution in [3.63, 3.8) is 0 Å². The van der Waals surface area contributed by atoms with E-state index in [0.717, 1.165) is 30.5 Å². The third-order valence-electron chi connectivity index (χ3n) is 3.70. The van der Waals surface area contributed by atoms with Crippen molar-refractivity contribution in [1.29, 1.82) is 0 Å². The third-order valence-corrected chi connectivity index (χ3v) is 3.70. The lowest BCUT2D eigenvalue weighted by Gasteiger charge is -2.15. The molecule has 3 rings (SSSR count). The van der Waals surface area contributed by atoms with Crippen LogP contribution in [-0.2, 0) is 13.2 Å². The average Bonchev–Trinajstić information content (AvgIpc) is 2.64. The molecule has 1 aromatic carbocycles. The smallest absolute Gasteiger partial charge is 0.434 e. The Morgan fingerprint density at radius 2 is 1.72 bits per heavy atom. The van der Waals surface area contributed by atoms with Crippen LogP contribution in [0, 0.1) is 0 Å². The summed E-state index contributed by atoms with van der Waals surface area (Å²) in [4.78, 5) is 28.1. The number of hydrogen-bond donors (Lipinski definition) is 0. The number of hydrogen-bond acceptors (Lipinski definition) is 4. The van der Waals surface area contributed by atoms with E-state index in [1.807, 2.05) is 0 Å². The zero-order chi connectivity index (χ0) is 24.1. The number of aryl methyl sites for hydroxylation is 1. The van der Waals surface area contributed by atoms with Crippen molar-refractivity contribution in [2.45, 2.75) is 12.4 Å². The van der Waals surface area contributed by atoms with E-state index in [0.29, 0.717) is 10.5 Å². The fraction of sp³-hybridized carbons (Fsp3) is 0.235. The Labute approximate surface area is 161 Å². The number of ether oxygens (including phenoxy) is 1. The lowest BCUT2D eigenvalue weighted by molar-refractivity contribution is -0.153. The molecule has 0 aliphatic carbocycles. The van der Waals surface area contributed by atoms with E-state index >= 15 is 0 Å². The van der Waals surface area contributed by atoms with Gasteiger partial charge in [0.2, 0.25) is 5.78 Å². The quantitative estimate of drug-likeness (QED) is 0.609. The molecule has 2 aromatic heterocycles. The van der Waals surface area contributed by atoms with Crippen LogP contribution in [0.3, 0.4) is 0 Å². The monoisotopic (exact) mass is 422 g/mol. The molecule has 0 aliphatic heterocycles. The molecular formula is C17H11F6N3O3. The fourth-order valence-corrected chi connectivity index (χ4v) is 2.47. The number of halogens is 6. The maximum Gasteiger partial charge on any atom is 0.434 e. The van der Waals surface area contributed by atoms with Crippen LogP contribution in [-0.4, -0.2) is 26.7 Å². The summed E-state index contributed by atoms with van der Waals surface area (Å²) in [5, 5.41) is 0. The van der Waals surface area contributed by atoms with Gasteiger partial charge in [-0.3, -0.25) is 18.6 Å². The predicted molar refractivity (Wildman–Crippen MR) is 88.7 cm³/mol. The minimum atomic E-state index is -5.24. The first-order chi connectivity index (χ1) is 14.6. The highest BCUT2D eigenvalue weighted by molar-refractivity contribution is 5.67. The summed E-state index contributed by atoms with van der Waals surface area (Å²) in [6, 6.07) is 4.38. The number of rotatable bonds is 3. The summed E-state index contributed by atoms with van der Waals surface area (Å²) in [5.41, 5.74) is -5.67. The Kier molecular flexibility index (Phi) is 3.98. The van der Waals surface area contributed by atoms with Crippen LogP contribution >= 0.6 is 0 Å². The minimum absolute atomic E-state index is 0.0263. The zero-order valence-electron chi connectivity index (χ0n) is 17.0. The second kappa shape index (κ2) is 6.94. The number of fused-ring (bicyclic) bond motifs is 1. The van der Waals surface area contributed by atoms with Gasteiger partial charge in [0, 0.05) is 23.4 Å². The SMILES string of the molecule is [2H]C([2H])([2H])n1c(=O)ccn2c(=O)c(-c3ccc(OCC(F)(F)F)cc3)c(C(F)(F)F)nc12. The summed E-state index contributed by atoms with van der Waals surface area (Å²) in [5.74, 6) is -1.37. The van der Waals surface area contributed by atoms with E-state index in [-0.39, 0.29) is 15.9 Å². The molecule has 0 atom stereocenters. The second-order valence-electron chi connectivity index (χ2n) is 5.73. The first kappa shape index (κ1) is 16.6. The molecule has 0 aliphatic rings. The van der Waals surface area contributed by atoms with Crippen molar-refractivity contribution in [3.8, 4) is 16.9 Å².